The van der Waals surface area contributed by atoms with Crippen LogP contribution in [0.2, 0.25) is 5.02 Å². The van der Waals surface area contributed by atoms with E-state index in [0.717, 1.165) is 0 Å². The highest BCUT2D eigenvalue weighted by molar-refractivity contribution is 6.30. The van der Waals surface area contributed by atoms with E-state index in [1.165, 1.54) is 19.2 Å². The first-order valence-electron chi connectivity index (χ1n) is 7.51. The molecule has 0 unspecified atom stereocenters. The number of hydrogen-bond acceptors (Lipinski definition) is 7. The van der Waals surface area contributed by atoms with Crippen molar-refractivity contribution in [1.29, 1.82) is 0 Å². The van der Waals surface area contributed by atoms with E-state index in [-0.39, 0.29) is 23.6 Å². The summed E-state index contributed by atoms with van der Waals surface area (Å²) in [5, 5.41) is 4.42. The number of aromatic nitrogens is 2. The van der Waals surface area contributed by atoms with Crippen molar-refractivity contribution in [3.05, 3.63) is 70.6 Å². The highest BCUT2D eigenvalue weighted by Gasteiger charge is 2.19. The molecule has 132 valence electrons. The van der Waals surface area contributed by atoms with Crippen LogP contribution in [0.25, 0.3) is 11.4 Å². The Morgan fingerprint density at radius 1 is 1.04 bits per heavy atom. The van der Waals surface area contributed by atoms with E-state index in [9.17, 15) is 9.59 Å². The first kappa shape index (κ1) is 17.6. The average molecular weight is 373 g/mol. The van der Waals surface area contributed by atoms with Gasteiger partial charge in [-0.05, 0) is 36.4 Å². The molecule has 3 aromatic rings. The van der Waals surface area contributed by atoms with E-state index in [1.807, 2.05) is 0 Å². The van der Waals surface area contributed by atoms with Crippen LogP contribution in [0.15, 0.2) is 53.1 Å². The van der Waals surface area contributed by atoms with Gasteiger partial charge in [0.1, 0.15) is 0 Å². The summed E-state index contributed by atoms with van der Waals surface area (Å²) in [5.74, 6) is -0.848. The molecule has 0 saturated heterocycles. The second kappa shape index (κ2) is 7.79. The van der Waals surface area contributed by atoms with Crippen LogP contribution in [-0.2, 0) is 16.1 Å². The minimum Gasteiger partial charge on any atom is -0.465 e. The van der Waals surface area contributed by atoms with Gasteiger partial charge in [0.2, 0.25) is 5.82 Å². The summed E-state index contributed by atoms with van der Waals surface area (Å²) in [7, 11) is 1.24. The Kier molecular flexibility index (Phi) is 5.28. The summed E-state index contributed by atoms with van der Waals surface area (Å²) >= 11 is 5.84. The molecule has 3 rings (SSSR count). The van der Waals surface area contributed by atoms with Crippen LogP contribution in [0.1, 0.15) is 26.6 Å². The molecule has 0 aliphatic carbocycles. The molecule has 7 nitrogen and oxygen atoms in total. The number of rotatable bonds is 5. The van der Waals surface area contributed by atoms with Gasteiger partial charge >= 0.3 is 11.9 Å². The van der Waals surface area contributed by atoms with Crippen molar-refractivity contribution in [3.8, 4) is 11.4 Å². The van der Waals surface area contributed by atoms with Crippen LogP contribution in [0.4, 0.5) is 0 Å². The Morgan fingerprint density at radius 3 is 2.35 bits per heavy atom. The maximum Gasteiger partial charge on any atom is 0.339 e. The lowest BCUT2D eigenvalue weighted by atomic mass is 10.1. The van der Waals surface area contributed by atoms with Crippen LogP contribution in [0, 0.1) is 0 Å². The molecular formula is C18H13ClN2O5. The van der Waals surface area contributed by atoms with Crippen molar-refractivity contribution in [2.45, 2.75) is 6.61 Å². The van der Waals surface area contributed by atoms with Crippen molar-refractivity contribution < 1.29 is 23.6 Å². The summed E-state index contributed by atoms with van der Waals surface area (Å²) in [6.07, 6.45) is 0. The minimum absolute atomic E-state index is 0.0943. The predicted molar refractivity (Wildman–Crippen MR) is 91.6 cm³/mol. The molecule has 26 heavy (non-hydrogen) atoms. The molecule has 0 amide bonds. The average Bonchev–Trinajstić information content (AvgIpc) is 3.15. The Labute approximate surface area is 153 Å². The molecule has 2 aromatic carbocycles. The first-order chi connectivity index (χ1) is 12.6. The summed E-state index contributed by atoms with van der Waals surface area (Å²) < 4.78 is 14.9. The van der Waals surface area contributed by atoms with Gasteiger partial charge in [-0.25, -0.2) is 9.59 Å². The van der Waals surface area contributed by atoms with E-state index in [4.69, 9.17) is 20.9 Å². The molecule has 8 heteroatoms. The molecule has 0 saturated carbocycles. The van der Waals surface area contributed by atoms with E-state index in [1.54, 1.807) is 36.4 Å². The standard InChI is InChI=1S/C18H13ClN2O5/c1-24-17(22)13-4-2-3-5-14(13)18(23)25-10-15-20-16(21-26-15)11-6-8-12(19)9-7-11/h2-9H,10H2,1H3. The van der Waals surface area contributed by atoms with Crippen LogP contribution >= 0.6 is 11.6 Å². The lowest BCUT2D eigenvalue weighted by molar-refractivity contribution is 0.0418. The van der Waals surface area contributed by atoms with Crippen LogP contribution in [-0.4, -0.2) is 29.2 Å². The van der Waals surface area contributed by atoms with Crippen LogP contribution < -0.4 is 0 Å². The number of carbonyl (C=O) groups excluding carboxylic acids is 2. The number of methoxy groups -OCH3 is 1. The van der Waals surface area contributed by atoms with Gasteiger partial charge in [0.05, 0.1) is 18.2 Å². The van der Waals surface area contributed by atoms with Crippen molar-refractivity contribution in [1.82, 2.24) is 10.1 Å². The third kappa shape index (κ3) is 3.89. The zero-order chi connectivity index (χ0) is 18.5. The lowest BCUT2D eigenvalue weighted by Gasteiger charge is -2.06. The summed E-state index contributed by atoms with van der Waals surface area (Å²) in [5.41, 5.74) is 0.927. The number of ether oxygens (including phenoxy) is 2. The Hall–Kier alpha value is -3.19. The quantitative estimate of drug-likeness (QED) is 0.632. The maximum absolute atomic E-state index is 12.2. The fraction of sp³-hybridized carbons (Fsp3) is 0.111. The highest BCUT2D eigenvalue weighted by atomic mass is 35.5. The summed E-state index contributed by atoms with van der Waals surface area (Å²) in [6.45, 7) is -0.227. The zero-order valence-corrected chi connectivity index (χ0v) is 14.4. The van der Waals surface area contributed by atoms with Crippen LogP contribution in [0.3, 0.4) is 0 Å². The van der Waals surface area contributed by atoms with Crippen LogP contribution in [0.5, 0.6) is 0 Å². The zero-order valence-electron chi connectivity index (χ0n) is 13.6. The number of nitrogens with zero attached hydrogens (tertiary/aromatic N) is 2. The van der Waals surface area contributed by atoms with Gasteiger partial charge in [-0.2, -0.15) is 4.98 Å². The molecule has 0 radical (unpaired) electrons. The van der Waals surface area contributed by atoms with Crippen molar-refractivity contribution >= 4 is 23.5 Å². The fourth-order valence-corrected chi connectivity index (χ4v) is 2.31. The minimum atomic E-state index is -0.697. The van der Waals surface area contributed by atoms with Gasteiger partial charge in [0.25, 0.3) is 5.89 Å². The fourth-order valence-electron chi connectivity index (χ4n) is 2.18. The van der Waals surface area contributed by atoms with Crippen molar-refractivity contribution in [3.63, 3.8) is 0 Å². The summed E-state index contributed by atoms with van der Waals surface area (Å²) in [6, 6.07) is 13.1. The van der Waals surface area contributed by atoms with Gasteiger partial charge in [-0.1, -0.05) is 28.9 Å². The number of halogens is 1. The van der Waals surface area contributed by atoms with E-state index in [2.05, 4.69) is 14.9 Å². The Balaban J connectivity index is 1.69. The van der Waals surface area contributed by atoms with Crippen molar-refractivity contribution in [2.24, 2.45) is 0 Å². The largest absolute Gasteiger partial charge is 0.465 e. The monoisotopic (exact) mass is 372 g/mol. The molecule has 0 fully saturated rings. The first-order valence-corrected chi connectivity index (χ1v) is 7.89. The number of carbonyl (C=O) groups is 2. The van der Waals surface area contributed by atoms with Gasteiger partial charge in [-0.15, -0.1) is 0 Å². The second-order valence-electron chi connectivity index (χ2n) is 5.13. The lowest BCUT2D eigenvalue weighted by Crippen LogP contribution is -2.12. The molecule has 0 aliphatic heterocycles. The molecule has 0 spiro atoms. The molecule has 0 aliphatic rings. The molecule has 1 aromatic heterocycles. The molecule has 0 bridgehead atoms. The third-order valence-corrected chi connectivity index (χ3v) is 3.70. The van der Waals surface area contributed by atoms with Gasteiger partial charge in [0.15, 0.2) is 6.61 Å². The third-order valence-electron chi connectivity index (χ3n) is 3.45. The Bertz CT molecular complexity index is 937. The molecular weight excluding hydrogens is 360 g/mol. The van der Waals surface area contributed by atoms with Gasteiger partial charge in [0, 0.05) is 10.6 Å². The van der Waals surface area contributed by atoms with Gasteiger partial charge < -0.3 is 14.0 Å². The number of esters is 2. The number of hydrogen-bond donors (Lipinski definition) is 0. The van der Waals surface area contributed by atoms with Gasteiger partial charge in [-0.3, -0.25) is 0 Å². The summed E-state index contributed by atoms with van der Waals surface area (Å²) in [4.78, 5) is 28.1. The van der Waals surface area contributed by atoms with E-state index in [0.29, 0.717) is 16.4 Å². The molecule has 0 N–H and O–H groups in total. The molecule has 0 atom stereocenters. The predicted octanol–water partition coefficient (Wildman–Crippen LogP) is 3.53. The molecule has 1 heterocycles. The SMILES string of the molecule is COC(=O)c1ccccc1C(=O)OCc1nc(-c2ccc(Cl)cc2)no1. The van der Waals surface area contributed by atoms with Crippen molar-refractivity contribution in [2.75, 3.05) is 7.11 Å². The second-order valence-corrected chi connectivity index (χ2v) is 5.57. The Morgan fingerprint density at radius 2 is 1.69 bits per heavy atom. The highest BCUT2D eigenvalue weighted by Crippen LogP contribution is 2.19. The normalized spacial score (nSPS) is 10.4. The maximum atomic E-state index is 12.2. The van der Waals surface area contributed by atoms with E-state index >= 15 is 0 Å². The van der Waals surface area contributed by atoms with E-state index < -0.39 is 11.9 Å². The number of benzene rings is 2. The smallest absolute Gasteiger partial charge is 0.339 e. The topological polar surface area (TPSA) is 91.5 Å².